The highest BCUT2D eigenvalue weighted by Crippen LogP contribution is 2.19. The second kappa shape index (κ2) is 5.47. The third kappa shape index (κ3) is 2.96. The zero-order valence-electron chi connectivity index (χ0n) is 8.94. The second-order valence-electron chi connectivity index (χ2n) is 3.48. The number of hydrogen-bond acceptors (Lipinski definition) is 2. The highest BCUT2D eigenvalue weighted by Gasteiger charge is 2.03. The van der Waals surface area contributed by atoms with Crippen molar-refractivity contribution in [2.24, 2.45) is 0 Å². The number of benzene rings is 1. The Morgan fingerprint density at radius 2 is 2.12 bits per heavy atom. The molecule has 17 heavy (non-hydrogen) atoms. The van der Waals surface area contributed by atoms with E-state index in [0.717, 1.165) is 11.3 Å². The molecule has 0 atom stereocenters. The summed E-state index contributed by atoms with van der Waals surface area (Å²) in [5, 5.41) is 5.64. The average molecular weight is 314 g/mol. The van der Waals surface area contributed by atoms with Crippen LogP contribution in [0.2, 0.25) is 5.02 Å². The van der Waals surface area contributed by atoms with Crippen molar-refractivity contribution in [1.82, 2.24) is 9.78 Å². The Labute approximate surface area is 112 Å². The van der Waals surface area contributed by atoms with Crippen LogP contribution in [0, 0.1) is 0 Å². The Bertz CT molecular complexity index is 583. The van der Waals surface area contributed by atoms with E-state index in [9.17, 15) is 4.79 Å². The number of nitrogens with zero attached hydrogens (tertiary/aromatic N) is 2. The van der Waals surface area contributed by atoms with Crippen LogP contribution in [0.4, 0.5) is 0 Å². The molecule has 0 aliphatic rings. The Morgan fingerprint density at radius 1 is 1.29 bits per heavy atom. The summed E-state index contributed by atoms with van der Waals surface area (Å²) in [5.74, 6) is 0. The van der Waals surface area contributed by atoms with E-state index in [1.54, 1.807) is 12.1 Å². The van der Waals surface area contributed by atoms with Gasteiger partial charge < -0.3 is 0 Å². The third-order valence-electron chi connectivity index (χ3n) is 2.28. The Morgan fingerprint density at radius 3 is 2.82 bits per heavy atom. The largest absolute Gasteiger partial charge is 0.268 e. The van der Waals surface area contributed by atoms with Gasteiger partial charge in [0.2, 0.25) is 0 Å². The minimum atomic E-state index is -0.102. The summed E-state index contributed by atoms with van der Waals surface area (Å²) in [7, 11) is 0. The lowest BCUT2D eigenvalue weighted by atomic mass is 10.1. The normalized spacial score (nSPS) is 10.5. The molecule has 0 bridgehead atoms. The lowest BCUT2D eigenvalue weighted by molar-refractivity contribution is 0.627. The molecule has 0 aliphatic carbocycles. The van der Waals surface area contributed by atoms with Gasteiger partial charge in [-0.1, -0.05) is 39.7 Å². The minimum Gasteiger partial charge on any atom is -0.268 e. The van der Waals surface area contributed by atoms with Crippen molar-refractivity contribution in [3.63, 3.8) is 0 Å². The van der Waals surface area contributed by atoms with Crippen molar-refractivity contribution in [1.29, 1.82) is 0 Å². The van der Waals surface area contributed by atoms with E-state index < -0.39 is 0 Å². The molecule has 0 aliphatic heterocycles. The summed E-state index contributed by atoms with van der Waals surface area (Å²) in [6.07, 6.45) is 0. The SMILES string of the molecule is O=c1ccc(-c2cccc(Cl)c2)nn1CCBr. The number of aryl methyl sites for hydroxylation is 1. The Balaban J connectivity index is 2.46. The van der Waals surface area contributed by atoms with Crippen LogP contribution in [-0.2, 0) is 6.54 Å². The molecule has 3 nitrogen and oxygen atoms in total. The maximum absolute atomic E-state index is 11.5. The van der Waals surface area contributed by atoms with E-state index in [1.165, 1.54) is 10.7 Å². The molecule has 1 aromatic heterocycles. The van der Waals surface area contributed by atoms with Crippen LogP contribution < -0.4 is 5.56 Å². The van der Waals surface area contributed by atoms with Crippen LogP contribution in [0.25, 0.3) is 11.3 Å². The molecule has 0 amide bonds. The Kier molecular flexibility index (Phi) is 3.97. The van der Waals surface area contributed by atoms with E-state index in [4.69, 9.17) is 11.6 Å². The number of halogens is 2. The van der Waals surface area contributed by atoms with Gasteiger partial charge >= 0.3 is 0 Å². The van der Waals surface area contributed by atoms with Gasteiger partial charge in [-0.25, -0.2) is 4.68 Å². The van der Waals surface area contributed by atoms with Crippen molar-refractivity contribution in [2.75, 3.05) is 5.33 Å². The Hall–Kier alpha value is -1.13. The summed E-state index contributed by atoms with van der Waals surface area (Å²) in [5.41, 5.74) is 1.55. The van der Waals surface area contributed by atoms with E-state index in [-0.39, 0.29) is 5.56 Å². The fourth-order valence-electron chi connectivity index (χ4n) is 1.49. The van der Waals surface area contributed by atoms with Crippen LogP contribution in [0.3, 0.4) is 0 Å². The molecular weight excluding hydrogens is 304 g/mol. The number of rotatable bonds is 3. The third-order valence-corrected chi connectivity index (χ3v) is 2.87. The van der Waals surface area contributed by atoms with Gasteiger partial charge in [0.15, 0.2) is 0 Å². The molecule has 0 saturated heterocycles. The predicted octanol–water partition coefficient (Wildman–Crippen LogP) is 2.96. The standard InChI is InChI=1S/C12H10BrClN2O/c13-6-7-16-12(17)5-4-11(15-16)9-2-1-3-10(14)8-9/h1-5,8H,6-7H2. The van der Waals surface area contributed by atoms with Gasteiger partial charge in [0, 0.05) is 22.0 Å². The fraction of sp³-hybridized carbons (Fsp3) is 0.167. The first kappa shape index (κ1) is 12.3. The summed E-state index contributed by atoms with van der Waals surface area (Å²) in [6, 6.07) is 10.6. The molecule has 88 valence electrons. The molecule has 0 fully saturated rings. The first-order valence-electron chi connectivity index (χ1n) is 5.11. The molecule has 1 heterocycles. The molecule has 0 radical (unpaired) electrons. The summed E-state index contributed by atoms with van der Waals surface area (Å²) in [4.78, 5) is 11.5. The first-order valence-corrected chi connectivity index (χ1v) is 6.61. The van der Waals surface area contributed by atoms with Crippen LogP contribution in [-0.4, -0.2) is 15.1 Å². The zero-order valence-corrected chi connectivity index (χ0v) is 11.3. The number of hydrogen-bond donors (Lipinski definition) is 0. The zero-order chi connectivity index (χ0) is 12.3. The highest BCUT2D eigenvalue weighted by molar-refractivity contribution is 9.09. The molecule has 0 spiro atoms. The maximum Gasteiger partial charge on any atom is 0.266 e. The fourth-order valence-corrected chi connectivity index (χ4v) is 2.02. The highest BCUT2D eigenvalue weighted by atomic mass is 79.9. The molecule has 2 aromatic rings. The van der Waals surface area contributed by atoms with Crippen molar-refractivity contribution >= 4 is 27.5 Å². The van der Waals surface area contributed by atoms with E-state index >= 15 is 0 Å². The number of alkyl halides is 1. The predicted molar refractivity (Wildman–Crippen MR) is 72.7 cm³/mol. The van der Waals surface area contributed by atoms with Crippen LogP contribution in [0.1, 0.15) is 0 Å². The molecule has 0 unspecified atom stereocenters. The summed E-state index contributed by atoms with van der Waals surface area (Å²) in [6.45, 7) is 0.549. The smallest absolute Gasteiger partial charge is 0.266 e. The molecule has 2 rings (SSSR count). The quantitative estimate of drug-likeness (QED) is 0.817. The van der Waals surface area contributed by atoms with Gasteiger partial charge in [0.25, 0.3) is 5.56 Å². The van der Waals surface area contributed by atoms with Crippen LogP contribution in [0.15, 0.2) is 41.2 Å². The van der Waals surface area contributed by atoms with Gasteiger partial charge in [0.05, 0.1) is 12.2 Å². The molecule has 1 aromatic carbocycles. The molecule has 0 N–H and O–H groups in total. The first-order chi connectivity index (χ1) is 8.20. The van der Waals surface area contributed by atoms with Crippen LogP contribution in [0.5, 0.6) is 0 Å². The van der Waals surface area contributed by atoms with Crippen molar-refractivity contribution in [3.05, 3.63) is 51.8 Å². The van der Waals surface area contributed by atoms with Gasteiger partial charge in [-0.3, -0.25) is 4.79 Å². The number of aromatic nitrogens is 2. The molecule has 0 saturated carbocycles. The van der Waals surface area contributed by atoms with E-state index in [1.807, 2.05) is 18.2 Å². The van der Waals surface area contributed by atoms with E-state index in [0.29, 0.717) is 16.9 Å². The lowest BCUT2D eigenvalue weighted by Gasteiger charge is -2.05. The van der Waals surface area contributed by atoms with Crippen molar-refractivity contribution in [3.8, 4) is 11.3 Å². The second-order valence-corrected chi connectivity index (χ2v) is 4.71. The minimum absolute atomic E-state index is 0.102. The topological polar surface area (TPSA) is 34.9 Å². The maximum atomic E-state index is 11.5. The van der Waals surface area contributed by atoms with Gasteiger partial charge in [-0.15, -0.1) is 0 Å². The molecular formula is C12H10BrClN2O. The summed E-state index contributed by atoms with van der Waals surface area (Å²) < 4.78 is 1.44. The van der Waals surface area contributed by atoms with E-state index in [2.05, 4.69) is 21.0 Å². The van der Waals surface area contributed by atoms with Gasteiger partial charge in [0.1, 0.15) is 0 Å². The monoisotopic (exact) mass is 312 g/mol. The van der Waals surface area contributed by atoms with Gasteiger partial charge in [-0.05, 0) is 18.2 Å². The van der Waals surface area contributed by atoms with Crippen LogP contribution >= 0.6 is 27.5 Å². The van der Waals surface area contributed by atoms with Gasteiger partial charge in [-0.2, -0.15) is 5.10 Å². The lowest BCUT2D eigenvalue weighted by Crippen LogP contribution is -2.22. The van der Waals surface area contributed by atoms with Crippen molar-refractivity contribution in [2.45, 2.75) is 6.54 Å². The molecule has 5 heteroatoms. The summed E-state index contributed by atoms with van der Waals surface area (Å²) >= 11 is 9.21. The van der Waals surface area contributed by atoms with Crippen molar-refractivity contribution < 1.29 is 0 Å². The average Bonchev–Trinajstić information content (AvgIpc) is 2.32.